The van der Waals surface area contributed by atoms with E-state index in [1.807, 2.05) is 11.6 Å². The Kier molecular flexibility index (Phi) is 5.99. The number of nitrogens with one attached hydrogen (secondary N) is 2. The van der Waals surface area contributed by atoms with E-state index in [1.165, 1.54) is 19.2 Å². The van der Waals surface area contributed by atoms with Crippen LogP contribution in [0.15, 0.2) is 53.4 Å². The number of sulfonamides is 1. The Hall–Kier alpha value is -2.87. The normalized spacial score (nSPS) is 12.1. The van der Waals surface area contributed by atoms with Gasteiger partial charge in [-0.3, -0.25) is 0 Å². The monoisotopic (exact) mass is 376 g/mol. The van der Waals surface area contributed by atoms with E-state index in [4.69, 9.17) is 0 Å². The fourth-order valence-corrected chi connectivity index (χ4v) is 3.15. The van der Waals surface area contributed by atoms with Crippen LogP contribution in [-0.2, 0) is 14.8 Å². The number of rotatable bonds is 5. The lowest BCUT2D eigenvalue weighted by molar-refractivity contribution is 0.0600. The topological polar surface area (TPSA) is 102 Å². The van der Waals surface area contributed by atoms with Crippen LogP contribution >= 0.6 is 0 Å². The molecule has 7 nitrogen and oxygen atoms in total. The van der Waals surface area contributed by atoms with Gasteiger partial charge in [0.05, 0.1) is 23.6 Å². The minimum Gasteiger partial charge on any atom is -0.465 e. The fraction of sp³-hybridized carbons (Fsp3) is 0.222. The average Bonchev–Trinajstić information content (AvgIpc) is 2.61. The summed E-state index contributed by atoms with van der Waals surface area (Å²) in [7, 11) is -2.66. The minimum absolute atomic E-state index is 0.00772. The first-order valence-corrected chi connectivity index (χ1v) is 9.29. The maximum atomic E-state index is 12.2. The van der Waals surface area contributed by atoms with Crippen LogP contribution in [0.1, 0.15) is 34.5 Å². The summed E-state index contributed by atoms with van der Waals surface area (Å²) in [5.74, 6) is -0.459. The van der Waals surface area contributed by atoms with Gasteiger partial charge in [0.15, 0.2) is 0 Å². The first-order valence-electron chi connectivity index (χ1n) is 7.81. The number of esters is 1. The van der Waals surface area contributed by atoms with Crippen molar-refractivity contribution in [2.75, 3.05) is 7.11 Å². The second-order valence-electron chi connectivity index (χ2n) is 5.73. The van der Waals surface area contributed by atoms with Crippen LogP contribution in [0.5, 0.6) is 0 Å². The predicted molar refractivity (Wildman–Crippen MR) is 96.2 cm³/mol. The first kappa shape index (κ1) is 19.5. The van der Waals surface area contributed by atoms with Crippen molar-refractivity contribution in [1.82, 2.24) is 10.0 Å². The third-order valence-corrected chi connectivity index (χ3v) is 5.08. The fourth-order valence-electron chi connectivity index (χ4n) is 2.23. The molecule has 0 aliphatic rings. The molecule has 2 N–H and O–H groups in total. The lowest BCUT2D eigenvalue weighted by atomic mass is 10.1. The van der Waals surface area contributed by atoms with Crippen molar-refractivity contribution >= 4 is 22.0 Å². The SMILES string of the molecule is COC(=O)c1ccc([C@@H](C)NC(=O)NS(=O)(=O)c2ccc(C)cc2)cc1. The van der Waals surface area contributed by atoms with Crippen LogP contribution in [0.4, 0.5) is 4.79 Å². The summed E-state index contributed by atoms with van der Waals surface area (Å²) in [6.07, 6.45) is 0. The molecule has 26 heavy (non-hydrogen) atoms. The quantitative estimate of drug-likeness (QED) is 0.781. The molecule has 0 heterocycles. The van der Waals surface area contributed by atoms with Gasteiger partial charge in [-0.15, -0.1) is 0 Å². The summed E-state index contributed by atoms with van der Waals surface area (Å²) in [5, 5.41) is 2.55. The smallest absolute Gasteiger partial charge is 0.337 e. The van der Waals surface area contributed by atoms with E-state index in [0.717, 1.165) is 5.56 Å². The molecule has 2 rings (SSSR count). The van der Waals surface area contributed by atoms with Gasteiger partial charge in [-0.1, -0.05) is 29.8 Å². The number of hydrogen-bond acceptors (Lipinski definition) is 5. The van der Waals surface area contributed by atoms with E-state index in [9.17, 15) is 18.0 Å². The van der Waals surface area contributed by atoms with Crippen LogP contribution < -0.4 is 10.0 Å². The van der Waals surface area contributed by atoms with Crippen molar-refractivity contribution in [3.63, 3.8) is 0 Å². The summed E-state index contributed by atoms with van der Waals surface area (Å²) in [6.45, 7) is 3.54. The Morgan fingerprint density at radius 1 is 1.00 bits per heavy atom. The van der Waals surface area contributed by atoms with Gasteiger partial charge >= 0.3 is 12.0 Å². The predicted octanol–water partition coefficient (Wildman–Crippen LogP) is 2.53. The number of aryl methyl sites for hydroxylation is 1. The van der Waals surface area contributed by atoms with Crippen LogP contribution in [0.2, 0.25) is 0 Å². The van der Waals surface area contributed by atoms with Crippen molar-refractivity contribution in [3.8, 4) is 0 Å². The summed E-state index contributed by atoms with van der Waals surface area (Å²) in [4.78, 5) is 23.5. The van der Waals surface area contributed by atoms with Gasteiger partial charge in [0.25, 0.3) is 10.0 Å². The number of benzene rings is 2. The highest BCUT2D eigenvalue weighted by Gasteiger charge is 2.19. The van der Waals surface area contributed by atoms with Gasteiger partial charge in [0.2, 0.25) is 0 Å². The van der Waals surface area contributed by atoms with Crippen molar-refractivity contribution in [2.45, 2.75) is 24.8 Å². The van der Waals surface area contributed by atoms with E-state index < -0.39 is 28.1 Å². The molecule has 138 valence electrons. The van der Waals surface area contributed by atoms with Crippen molar-refractivity contribution in [2.24, 2.45) is 0 Å². The molecule has 8 heteroatoms. The minimum atomic E-state index is -3.95. The van der Waals surface area contributed by atoms with Crippen molar-refractivity contribution in [3.05, 3.63) is 65.2 Å². The maximum absolute atomic E-state index is 12.2. The second-order valence-corrected chi connectivity index (χ2v) is 7.41. The van der Waals surface area contributed by atoms with Gasteiger partial charge in [0.1, 0.15) is 0 Å². The molecule has 0 radical (unpaired) electrons. The van der Waals surface area contributed by atoms with Crippen molar-refractivity contribution < 1.29 is 22.7 Å². The lowest BCUT2D eigenvalue weighted by Crippen LogP contribution is -2.40. The highest BCUT2D eigenvalue weighted by Crippen LogP contribution is 2.14. The average molecular weight is 376 g/mol. The molecular weight excluding hydrogens is 356 g/mol. The molecule has 0 aromatic heterocycles. The van der Waals surface area contributed by atoms with Crippen LogP contribution in [0.3, 0.4) is 0 Å². The molecular formula is C18H20N2O5S. The summed E-state index contributed by atoms with van der Waals surface area (Å²) in [6, 6.07) is 11.3. The molecule has 0 unspecified atom stereocenters. The zero-order chi connectivity index (χ0) is 19.3. The Morgan fingerprint density at radius 2 is 1.58 bits per heavy atom. The largest absolute Gasteiger partial charge is 0.465 e. The molecule has 0 saturated heterocycles. The standard InChI is InChI=1S/C18H20N2O5S/c1-12-4-10-16(11-5-12)26(23,24)20-18(22)19-13(2)14-6-8-15(9-7-14)17(21)25-3/h4-11,13H,1-3H3,(H2,19,20,22)/t13-/m1/s1. The number of carbonyl (C=O) groups excluding carboxylic acids is 2. The Morgan fingerprint density at radius 3 is 2.12 bits per heavy atom. The zero-order valence-corrected chi connectivity index (χ0v) is 15.5. The number of ether oxygens (including phenoxy) is 1. The van der Waals surface area contributed by atoms with Gasteiger partial charge in [-0.2, -0.15) is 0 Å². The van der Waals surface area contributed by atoms with Crippen LogP contribution in [0.25, 0.3) is 0 Å². The molecule has 1 atom stereocenters. The zero-order valence-electron chi connectivity index (χ0n) is 14.6. The number of urea groups is 1. The molecule has 0 aliphatic heterocycles. The van der Waals surface area contributed by atoms with E-state index in [2.05, 4.69) is 10.1 Å². The first-order chi connectivity index (χ1) is 12.2. The van der Waals surface area contributed by atoms with E-state index in [1.54, 1.807) is 43.3 Å². The number of hydrogen-bond donors (Lipinski definition) is 2. The maximum Gasteiger partial charge on any atom is 0.337 e. The van der Waals surface area contributed by atoms with Gasteiger partial charge in [-0.25, -0.2) is 22.7 Å². The van der Waals surface area contributed by atoms with Crippen molar-refractivity contribution in [1.29, 1.82) is 0 Å². The Labute approximate surface area is 152 Å². The number of carbonyl (C=O) groups is 2. The molecule has 2 aromatic rings. The van der Waals surface area contributed by atoms with Gasteiger partial charge < -0.3 is 10.1 Å². The Bertz CT molecular complexity index is 890. The summed E-state index contributed by atoms with van der Waals surface area (Å²) >= 11 is 0. The number of amides is 2. The molecule has 0 spiro atoms. The van der Waals surface area contributed by atoms with Gasteiger partial charge in [0, 0.05) is 0 Å². The molecule has 2 amide bonds. The summed E-state index contributed by atoms with van der Waals surface area (Å²) < 4.78 is 31.0. The lowest BCUT2D eigenvalue weighted by Gasteiger charge is -2.15. The van der Waals surface area contributed by atoms with E-state index in [0.29, 0.717) is 11.1 Å². The molecule has 0 fully saturated rings. The Balaban J connectivity index is 2.02. The third kappa shape index (κ3) is 4.82. The highest BCUT2D eigenvalue weighted by molar-refractivity contribution is 7.90. The van der Waals surface area contributed by atoms with Gasteiger partial charge in [-0.05, 0) is 43.7 Å². The summed E-state index contributed by atoms with van der Waals surface area (Å²) in [5.41, 5.74) is 2.01. The molecule has 0 bridgehead atoms. The van der Waals surface area contributed by atoms with Crippen LogP contribution in [-0.4, -0.2) is 27.5 Å². The third-order valence-electron chi connectivity index (χ3n) is 3.74. The van der Waals surface area contributed by atoms with E-state index >= 15 is 0 Å². The van der Waals surface area contributed by atoms with Crippen LogP contribution in [0, 0.1) is 6.92 Å². The molecule has 0 saturated carbocycles. The van der Waals surface area contributed by atoms with E-state index in [-0.39, 0.29) is 4.90 Å². The highest BCUT2D eigenvalue weighted by atomic mass is 32.2. The molecule has 2 aromatic carbocycles. The molecule has 0 aliphatic carbocycles. The number of methoxy groups -OCH3 is 1. The second kappa shape index (κ2) is 8.01.